The fourth-order valence-electron chi connectivity index (χ4n) is 2.81. The van der Waals surface area contributed by atoms with E-state index in [-0.39, 0.29) is 5.91 Å². The third-order valence-corrected chi connectivity index (χ3v) is 3.76. The molecule has 0 aromatic carbocycles. The van der Waals surface area contributed by atoms with E-state index in [2.05, 4.69) is 15.3 Å². The molecule has 0 bridgehead atoms. The zero-order valence-electron chi connectivity index (χ0n) is 12.2. The summed E-state index contributed by atoms with van der Waals surface area (Å²) in [6.07, 6.45) is 1.54. The number of aryl methyl sites for hydroxylation is 2. The van der Waals surface area contributed by atoms with Crippen molar-refractivity contribution in [3.63, 3.8) is 0 Å². The summed E-state index contributed by atoms with van der Waals surface area (Å²) in [7, 11) is 1.81. The minimum Gasteiger partial charge on any atom is -0.474 e. The topological polar surface area (TPSA) is 77.6 Å². The average molecular weight is 298 g/mol. The van der Waals surface area contributed by atoms with E-state index < -0.39 is 0 Å². The molecule has 0 radical (unpaired) electrons. The van der Waals surface area contributed by atoms with Crippen molar-refractivity contribution in [2.24, 2.45) is 7.05 Å². The van der Waals surface area contributed by atoms with E-state index in [1.165, 1.54) is 0 Å². The van der Waals surface area contributed by atoms with Gasteiger partial charge in [-0.05, 0) is 19.1 Å². The number of carbonyl (C=O) groups is 1. The molecular weight excluding hydrogens is 284 g/mol. The molecule has 0 N–H and O–H groups in total. The van der Waals surface area contributed by atoms with Gasteiger partial charge in [0.05, 0.1) is 12.2 Å². The highest BCUT2D eigenvalue weighted by molar-refractivity contribution is 6.06. The van der Waals surface area contributed by atoms with E-state index in [1.54, 1.807) is 39.5 Å². The number of aromatic nitrogens is 5. The third-order valence-electron chi connectivity index (χ3n) is 3.76. The molecule has 3 aromatic heterocycles. The molecule has 0 aliphatic carbocycles. The number of anilines is 1. The van der Waals surface area contributed by atoms with Gasteiger partial charge in [-0.15, -0.1) is 10.2 Å². The summed E-state index contributed by atoms with van der Waals surface area (Å²) in [6, 6.07) is 5.37. The Bertz CT molecular complexity index is 881. The van der Waals surface area contributed by atoms with Crippen LogP contribution in [0.5, 0.6) is 5.88 Å². The number of pyridine rings is 1. The molecular formula is C14H14N6O2. The molecule has 0 spiro atoms. The van der Waals surface area contributed by atoms with Gasteiger partial charge in [-0.1, -0.05) is 6.07 Å². The maximum absolute atomic E-state index is 13.0. The van der Waals surface area contributed by atoms with Gasteiger partial charge in [0.1, 0.15) is 24.3 Å². The third kappa shape index (κ3) is 1.70. The van der Waals surface area contributed by atoms with Crippen LogP contribution in [-0.4, -0.2) is 43.4 Å². The first-order chi connectivity index (χ1) is 10.7. The Labute approximate surface area is 125 Å². The number of hydrogen-bond acceptors (Lipinski definition) is 5. The summed E-state index contributed by atoms with van der Waals surface area (Å²) < 4.78 is 8.98. The predicted octanol–water partition coefficient (Wildman–Crippen LogP) is 0.810. The van der Waals surface area contributed by atoms with Crippen LogP contribution < -0.4 is 9.64 Å². The minimum absolute atomic E-state index is 0.119. The Morgan fingerprint density at radius 3 is 3.09 bits per heavy atom. The van der Waals surface area contributed by atoms with E-state index in [0.29, 0.717) is 30.4 Å². The van der Waals surface area contributed by atoms with E-state index in [1.807, 2.05) is 13.0 Å². The Hall–Kier alpha value is -2.90. The van der Waals surface area contributed by atoms with Crippen molar-refractivity contribution in [2.45, 2.75) is 6.92 Å². The van der Waals surface area contributed by atoms with E-state index in [4.69, 9.17) is 4.74 Å². The first-order valence-electron chi connectivity index (χ1n) is 6.94. The maximum atomic E-state index is 13.0. The molecule has 0 atom stereocenters. The zero-order chi connectivity index (χ0) is 15.3. The monoisotopic (exact) mass is 298 g/mol. The van der Waals surface area contributed by atoms with Crippen LogP contribution >= 0.6 is 0 Å². The molecule has 0 fully saturated rings. The van der Waals surface area contributed by atoms with Crippen molar-refractivity contribution < 1.29 is 9.53 Å². The van der Waals surface area contributed by atoms with Gasteiger partial charge < -0.3 is 4.74 Å². The minimum atomic E-state index is -0.119. The Balaban J connectivity index is 1.84. The summed E-state index contributed by atoms with van der Waals surface area (Å²) in [5.41, 5.74) is 2.64. The van der Waals surface area contributed by atoms with Crippen molar-refractivity contribution in [3.05, 3.63) is 35.9 Å². The molecule has 0 unspecified atom stereocenters. The highest BCUT2D eigenvalue weighted by Gasteiger charge is 2.31. The maximum Gasteiger partial charge on any atom is 0.275 e. The van der Waals surface area contributed by atoms with Crippen LogP contribution in [0.15, 0.2) is 24.5 Å². The number of rotatable bonds is 1. The van der Waals surface area contributed by atoms with Crippen LogP contribution in [0.3, 0.4) is 0 Å². The second-order valence-electron chi connectivity index (χ2n) is 5.14. The molecule has 8 heteroatoms. The molecule has 3 aromatic rings. The van der Waals surface area contributed by atoms with Crippen molar-refractivity contribution in [3.8, 4) is 5.88 Å². The fourth-order valence-corrected chi connectivity index (χ4v) is 2.81. The van der Waals surface area contributed by atoms with Crippen LogP contribution in [0.2, 0.25) is 0 Å². The first kappa shape index (κ1) is 12.8. The molecule has 1 amide bonds. The number of fused-ring (bicyclic) bond motifs is 2. The van der Waals surface area contributed by atoms with Crippen molar-refractivity contribution in [1.82, 2.24) is 24.4 Å². The van der Waals surface area contributed by atoms with Crippen LogP contribution in [0.25, 0.3) is 5.65 Å². The molecule has 8 nitrogen and oxygen atoms in total. The number of hydrogen-bond donors (Lipinski definition) is 0. The molecule has 1 aliphatic heterocycles. The van der Waals surface area contributed by atoms with E-state index >= 15 is 0 Å². The second-order valence-corrected chi connectivity index (χ2v) is 5.14. The zero-order valence-corrected chi connectivity index (χ0v) is 12.2. The van der Waals surface area contributed by atoms with Crippen LogP contribution in [0, 0.1) is 6.92 Å². The Kier molecular flexibility index (Phi) is 2.65. The fraction of sp³-hybridized carbons (Fsp3) is 0.286. The lowest BCUT2D eigenvalue weighted by molar-refractivity contribution is 0.0969. The lowest BCUT2D eigenvalue weighted by Gasteiger charge is -2.27. The van der Waals surface area contributed by atoms with Crippen LogP contribution in [0.1, 0.15) is 16.2 Å². The molecule has 0 saturated carbocycles. The van der Waals surface area contributed by atoms with Gasteiger partial charge >= 0.3 is 0 Å². The van der Waals surface area contributed by atoms with Crippen LogP contribution in [-0.2, 0) is 7.05 Å². The van der Waals surface area contributed by atoms with E-state index in [0.717, 1.165) is 11.4 Å². The number of nitrogens with zero attached hydrogens (tertiary/aromatic N) is 6. The second kappa shape index (κ2) is 4.55. The number of carbonyl (C=O) groups excluding carboxylic acids is 1. The molecule has 112 valence electrons. The lowest BCUT2D eigenvalue weighted by Crippen LogP contribution is -2.39. The Morgan fingerprint density at radius 1 is 1.36 bits per heavy atom. The Morgan fingerprint density at radius 2 is 2.23 bits per heavy atom. The summed E-state index contributed by atoms with van der Waals surface area (Å²) in [6.45, 7) is 2.79. The van der Waals surface area contributed by atoms with Gasteiger partial charge in [-0.2, -0.15) is 5.10 Å². The smallest absolute Gasteiger partial charge is 0.275 e. The number of amides is 1. The van der Waals surface area contributed by atoms with Gasteiger partial charge in [-0.25, -0.2) is 4.68 Å². The average Bonchev–Trinajstić information content (AvgIpc) is 3.11. The SMILES string of the molecule is Cc1nn(C)c2c1N(C(=O)c1cccc3nncn13)CCO2. The number of ether oxygens (including phenoxy) is 1. The summed E-state index contributed by atoms with van der Waals surface area (Å²) in [5.74, 6) is 0.499. The predicted molar refractivity (Wildman–Crippen MR) is 78.1 cm³/mol. The molecule has 0 saturated heterocycles. The highest BCUT2D eigenvalue weighted by atomic mass is 16.5. The lowest BCUT2D eigenvalue weighted by atomic mass is 10.2. The first-order valence-corrected chi connectivity index (χ1v) is 6.94. The summed E-state index contributed by atoms with van der Waals surface area (Å²) in [4.78, 5) is 14.7. The van der Waals surface area contributed by atoms with Gasteiger partial charge in [0.15, 0.2) is 5.65 Å². The highest BCUT2D eigenvalue weighted by Crippen LogP contribution is 2.35. The van der Waals surface area contributed by atoms with Crippen LogP contribution in [0.4, 0.5) is 5.69 Å². The molecule has 4 heterocycles. The molecule has 1 aliphatic rings. The largest absolute Gasteiger partial charge is 0.474 e. The van der Waals surface area contributed by atoms with Crippen molar-refractivity contribution in [2.75, 3.05) is 18.1 Å². The summed E-state index contributed by atoms with van der Waals surface area (Å²) >= 11 is 0. The van der Waals surface area contributed by atoms with Gasteiger partial charge in [0, 0.05) is 7.05 Å². The van der Waals surface area contributed by atoms with Gasteiger partial charge in [-0.3, -0.25) is 14.1 Å². The van der Waals surface area contributed by atoms with Gasteiger partial charge in [0.25, 0.3) is 5.91 Å². The van der Waals surface area contributed by atoms with E-state index in [9.17, 15) is 4.79 Å². The molecule has 22 heavy (non-hydrogen) atoms. The van der Waals surface area contributed by atoms with Crippen molar-refractivity contribution in [1.29, 1.82) is 0 Å². The van der Waals surface area contributed by atoms with Crippen molar-refractivity contribution >= 4 is 17.2 Å². The standard InChI is InChI=1S/C14H14N6O2/c1-9-12-14(18(2)17-9)22-7-6-19(12)13(21)10-4-3-5-11-16-15-8-20(10)11/h3-5,8H,6-7H2,1-2H3. The molecule has 4 rings (SSSR count). The quantitative estimate of drug-likeness (QED) is 0.664. The summed E-state index contributed by atoms with van der Waals surface area (Å²) in [5, 5.41) is 12.2. The normalized spacial score (nSPS) is 14.0. The van der Waals surface area contributed by atoms with Gasteiger partial charge in [0.2, 0.25) is 5.88 Å².